The molecule has 0 saturated carbocycles. The van der Waals surface area contributed by atoms with E-state index < -0.39 is 0 Å². The van der Waals surface area contributed by atoms with E-state index in [0.717, 1.165) is 17.5 Å². The quantitative estimate of drug-likeness (QED) is 0.662. The summed E-state index contributed by atoms with van der Waals surface area (Å²) in [6.45, 7) is 7.21. The SMILES string of the molecule is Cc1cccc(CNC(=O)c2nc(C(=O)NCCC(C)C)c3ccccn23)c1. The van der Waals surface area contributed by atoms with Crippen molar-refractivity contribution >= 4 is 17.3 Å². The lowest BCUT2D eigenvalue weighted by molar-refractivity contribution is 0.0939. The van der Waals surface area contributed by atoms with Gasteiger partial charge in [0.2, 0.25) is 5.82 Å². The van der Waals surface area contributed by atoms with Gasteiger partial charge in [0.25, 0.3) is 11.8 Å². The largest absolute Gasteiger partial charge is 0.351 e. The van der Waals surface area contributed by atoms with Gasteiger partial charge in [-0.3, -0.25) is 14.0 Å². The minimum atomic E-state index is -0.316. The maximum Gasteiger partial charge on any atom is 0.287 e. The lowest BCUT2D eigenvalue weighted by Crippen LogP contribution is -2.27. The van der Waals surface area contributed by atoms with Crippen LogP contribution in [-0.4, -0.2) is 27.7 Å². The highest BCUT2D eigenvalue weighted by molar-refractivity contribution is 6.02. The third-order valence-electron chi connectivity index (χ3n) is 4.51. The molecule has 2 aromatic heterocycles. The van der Waals surface area contributed by atoms with E-state index in [1.807, 2.05) is 43.3 Å². The number of fused-ring (bicyclic) bond motifs is 1. The molecule has 0 unspecified atom stereocenters. The minimum Gasteiger partial charge on any atom is -0.351 e. The van der Waals surface area contributed by atoms with Crippen molar-refractivity contribution in [1.29, 1.82) is 0 Å². The van der Waals surface area contributed by atoms with Gasteiger partial charge in [-0.1, -0.05) is 49.7 Å². The smallest absolute Gasteiger partial charge is 0.287 e. The lowest BCUT2D eigenvalue weighted by Gasteiger charge is -2.05. The molecular formula is C22H26N4O2. The molecule has 3 aromatic rings. The van der Waals surface area contributed by atoms with Crippen LogP contribution < -0.4 is 10.6 Å². The van der Waals surface area contributed by atoms with Crippen molar-refractivity contribution in [2.24, 2.45) is 5.92 Å². The number of nitrogens with one attached hydrogen (secondary N) is 2. The van der Waals surface area contributed by atoms with Crippen LogP contribution in [-0.2, 0) is 6.54 Å². The van der Waals surface area contributed by atoms with Gasteiger partial charge in [0.05, 0.1) is 5.52 Å². The molecule has 28 heavy (non-hydrogen) atoms. The summed E-state index contributed by atoms with van der Waals surface area (Å²) in [5, 5.41) is 5.78. The Hall–Kier alpha value is -3.15. The first-order chi connectivity index (χ1) is 13.5. The van der Waals surface area contributed by atoms with Crippen molar-refractivity contribution in [2.75, 3.05) is 6.54 Å². The fourth-order valence-corrected chi connectivity index (χ4v) is 3.01. The third kappa shape index (κ3) is 4.57. The van der Waals surface area contributed by atoms with Crippen molar-refractivity contribution in [1.82, 2.24) is 20.0 Å². The highest BCUT2D eigenvalue weighted by atomic mass is 16.2. The molecule has 146 valence electrons. The van der Waals surface area contributed by atoms with Gasteiger partial charge < -0.3 is 10.6 Å². The molecule has 0 saturated heterocycles. The Balaban J connectivity index is 1.79. The molecule has 6 nitrogen and oxygen atoms in total. The van der Waals surface area contributed by atoms with Gasteiger partial charge >= 0.3 is 0 Å². The number of hydrogen-bond acceptors (Lipinski definition) is 3. The summed E-state index contributed by atoms with van der Waals surface area (Å²) in [6.07, 6.45) is 2.64. The zero-order valence-corrected chi connectivity index (χ0v) is 16.5. The molecule has 0 spiro atoms. The van der Waals surface area contributed by atoms with Gasteiger partial charge in [0, 0.05) is 19.3 Å². The van der Waals surface area contributed by atoms with Gasteiger partial charge in [-0.15, -0.1) is 0 Å². The number of pyridine rings is 1. The summed E-state index contributed by atoms with van der Waals surface area (Å²) in [5.41, 5.74) is 3.04. The van der Waals surface area contributed by atoms with E-state index in [9.17, 15) is 9.59 Å². The standard InChI is InChI=1S/C22H26N4O2/c1-15(2)10-11-23-21(27)19-18-9-4-5-12-26(18)20(25-19)22(28)24-14-17-8-6-7-16(3)13-17/h4-9,12-13,15H,10-11,14H2,1-3H3,(H,23,27)(H,24,28). The van der Waals surface area contributed by atoms with Gasteiger partial charge in [0.15, 0.2) is 5.69 Å². The lowest BCUT2D eigenvalue weighted by atomic mass is 10.1. The van der Waals surface area contributed by atoms with Crippen molar-refractivity contribution in [3.63, 3.8) is 0 Å². The van der Waals surface area contributed by atoms with Gasteiger partial charge in [0.1, 0.15) is 0 Å². The number of rotatable bonds is 7. The molecule has 0 aliphatic rings. The molecule has 0 atom stereocenters. The predicted molar refractivity (Wildman–Crippen MR) is 109 cm³/mol. The summed E-state index contributed by atoms with van der Waals surface area (Å²) in [7, 11) is 0. The number of carbonyl (C=O) groups is 2. The van der Waals surface area contributed by atoms with E-state index in [-0.39, 0.29) is 23.3 Å². The zero-order chi connectivity index (χ0) is 20.1. The molecule has 3 rings (SSSR count). The molecule has 6 heteroatoms. The molecule has 2 amide bonds. The fourth-order valence-electron chi connectivity index (χ4n) is 3.01. The van der Waals surface area contributed by atoms with Crippen LogP contribution in [0.2, 0.25) is 0 Å². The molecule has 1 aromatic carbocycles. The molecule has 0 aliphatic carbocycles. The minimum absolute atomic E-state index is 0.206. The van der Waals surface area contributed by atoms with Crippen LogP contribution >= 0.6 is 0 Å². The topological polar surface area (TPSA) is 75.5 Å². The first-order valence-corrected chi connectivity index (χ1v) is 9.54. The second kappa shape index (κ2) is 8.69. The Morgan fingerprint density at radius 1 is 1.07 bits per heavy atom. The van der Waals surface area contributed by atoms with Crippen LogP contribution in [0.4, 0.5) is 0 Å². The molecule has 0 fully saturated rings. The normalized spacial score (nSPS) is 11.0. The molecule has 0 bridgehead atoms. The number of carbonyl (C=O) groups excluding carboxylic acids is 2. The molecular weight excluding hydrogens is 352 g/mol. The predicted octanol–water partition coefficient (Wildman–Crippen LogP) is 3.35. The van der Waals surface area contributed by atoms with E-state index in [1.165, 1.54) is 0 Å². The molecule has 0 radical (unpaired) electrons. The highest BCUT2D eigenvalue weighted by Gasteiger charge is 2.21. The average Bonchev–Trinajstić information content (AvgIpc) is 3.06. The van der Waals surface area contributed by atoms with Crippen LogP contribution in [0.3, 0.4) is 0 Å². The Labute approximate surface area is 165 Å². The molecule has 2 N–H and O–H groups in total. The second-order valence-electron chi connectivity index (χ2n) is 7.35. The van der Waals surface area contributed by atoms with E-state index in [2.05, 4.69) is 29.5 Å². The van der Waals surface area contributed by atoms with E-state index >= 15 is 0 Å². The summed E-state index contributed by atoms with van der Waals surface area (Å²) in [5.74, 6) is 0.130. The summed E-state index contributed by atoms with van der Waals surface area (Å²) in [6, 6.07) is 13.4. The van der Waals surface area contributed by atoms with Gasteiger partial charge in [-0.05, 0) is 37.0 Å². The number of aryl methyl sites for hydroxylation is 1. The van der Waals surface area contributed by atoms with Crippen LogP contribution in [0.25, 0.3) is 5.52 Å². The fraction of sp³-hybridized carbons (Fsp3) is 0.318. The average molecular weight is 378 g/mol. The van der Waals surface area contributed by atoms with Crippen molar-refractivity contribution in [2.45, 2.75) is 33.7 Å². The summed E-state index contributed by atoms with van der Waals surface area (Å²) >= 11 is 0. The number of benzene rings is 1. The van der Waals surface area contributed by atoms with Crippen molar-refractivity contribution in [3.05, 3.63) is 71.3 Å². The maximum atomic E-state index is 12.7. The number of amides is 2. The first kappa shape index (κ1) is 19.6. The molecule has 0 aliphatic heterocycles. The summed E-state index contributed by atoms with van der Waals surface area (Å²) in [4.78, 5) is 29.7. The van der Waals surface area contributed by atoms with Crippen LogP contribution in [0, 0.1) is 12.8 Å². The molecule has 2 heterocycles. The van der Waals surface area contributed by atoms with E-state index in [4.69, 9.17) is 0 Å². The summed E-state index contributed by atoms with van der Waals surface area (Å²) < 4.78 is 1.66. The highest BCUT2D eigenvalue weighted by Crippen LogP contribution is 2.14. The van der Waals surface area contributed by atoms with Crippen LogP contribution in [0.1, 0.15) is 52.5 Å². The van der Waals surface area contributed by atoms with Gasteiger partial charge in [-0.2, -0.15) is 0 Å². The maximum absolute atomic E-state index is 12.7. The van der Waals surface area contributed by atoms with Gasteiger partial charge in [-0.25, -0.2) is 4.98 Å². The Kier molecular flexibility index (Phi) is 6.09. The number of aromatic nitrogens is 2. The number of hydrogen-bond donors (Lipinski definition) is 2. The van der Waals surface area contributed by atoms with Crippen molar-refractivity contribution < 1.29 is 9.59 Å². The second-order valence-corrected chi connectivity index (χ2v) is 7.35. The Morgan fingerprint density at radius 2 is 1.89 bits per heavy atom. The van der Waals surface area contributed by atoms with Crippen molar-refractivity contribution in [3.8, 4) is 0 Å². The zero-order valence-electron chi connectivity index (χ0n) is 16.5. The number of nitrogens with zero attached hydrogens (tertiary/aromatic N) is 2. The number of imidazole rings is 1. The Morgan fingerprint density at radius 3 is 2.64 bits per heavy atom. The van der Waals surface area contributed by atoms with E-state index in [0.29, 0.717) is 24.5 Å². The van der Waals surface area contributed by atoms with E-state index in [1.54, 1.807) is 16.7 Å². The van der Waals surface area contributed by atoms with Crippen LogP contribution in [0.15, 0.2) is 48.7 Å². The first-order valence-electron chi connectivity index (χ1n) is 9.54. The van der Waals surface area contributed by atoms with Crippen LogP contribution in [0.5, 0.6) is 0 Å². The third-order valence-corrected chi connectivity index (χ3v) is 4.51. The monoisotopic (exact) mass is 378 g/mol. The Bertz CT molecular complexity index is 991.